The smallest absolute Gasteiger partial charge is 0.338 e. The highest BCUT2D eigenvalue weighted by atomic mass is 32.2. The molecular weight excluding hydrogens is 228 g/mol. The molecule has 0 amide bonds. The highest BCUT2D eigenvalue weighted by molar-refractivity contribution is 8.23. The summed E-state index contributed by atoms with van der Waals surface area (Å²) in [6, 6.07) is 7.14. The van der Waals surface area contributed by atoms with Gasteiger partial charge in [0.25, 0.3) is 0 Å². The van der Waals surface area contributed by atoms with Crippen molar-refractivity contribution < 1.29 is 9.53 Å². The van der Waals surface area contributed by atoms with E-state index in [9.17, 15) is 4.79 Å². The second-order valence-corrected chi connectivity index (χ2v) is 4.27. The van der Waals surface area contributed by atoms with Crippen LogP contribution in [0.4, 0.5) is 0 Å². The van der Waals surface area contributed by atoms with Gasteiger partial charge in [-0.3, -0.25) is 0 Å². The van der Waals surface area contributed by atoms with Gasteiger partial charge in [0.15, 0.2) is 0 Å². The number of ether oxygens (including phenoxy) is 1. The summed E-state index contributed by atoms with van der Waals surface area (Å²) in [5.74, 6) is -0.292. The molecule has 0 bridgehead atoms. The number of carbonyl (C=O) groups is 1. The molecule has 0 spiro atoms. The van der Waals surface area contributed by atoms with Gasteiger partial charge in [-0.05, 0) is 30.9 Å². The number of hydrogen-bond donors (Lipinski definition) is 0. The molecule has 0 aliphatic carbocycles. The monoisotopic (exact) mass is 240 g/mol. The van der Waals surface area contributed by atoms with Crippen LogP contribution < -0.4 is 0 Å². The fourth-order valence-electron chi connectivity index (χ4n) is 1.07. The third-order valence-electron chi connectivity index (χ3n) is 1.82. The maximum Gasteiger partial charge on any atom is 0.338 e. The van der Waals surface area contributed by atoms with Crippen molar-refractivity contribution >= 4 is 34.1 Å². The van der Waals surface area contributed by atoms with E-state index in [1.165, 1.54) is 11.8 Å². The lowest BCUT2D eigenvalue weighted by Crippen LogP contribution is -2.04. The number of rotatable bonds is 3. The van der Waals surface area contributed by atoms with Gasteiger partial charge >= 0.3 is 5.97 Å². The lowest BCUT2D eigenvalue weighted by molar-refractivity contribution is 0.0526. The van der Waals surface area contributed by atoms with Crippen molar-refractivity contribution in [2.75, 3.05) is 12.9 Å². The van der Waals surface area contributed by atoms with Crippen LogP contribution in [0.3, 0.4) is 0 Å². The van der Waals surface area contributed by atoms with Crippen LogP contribution in [0.2, 0.25) is 0 Å². The molecule has 1 aromatic carbocycles. The van der Waals surface area contributed by atoms with Crippen LogP contribution in [-0.4, -0.2) is 23.0 Å². The predicted molar refractivity (Wildman–Crippen MR) is 67.6 cm³/mol. The molecule has 0 N–H and O–H groups in total. The van der Waals surface area contributed by atoms with Crippen molar-refractivity contribution in [3.8, 4) is 0 Å². The van der Waals surface area contributed by atoms with Gasteiger partial charge in [0.05, 0.1) is 16.4 Å². The summed E-state index contributed by atoms with van der Waals surface area (Å²) in [6.45, 7) is 2.18. The average molecular weight is 240 g/mol. The third kappa shape index (κ3) is 3.32. The molecule has 2 nitrogen and oxygen atoms in total. The Kier molecular flexibility index (Phi) is 4.78. The van der Waals surface area contributed by atoms with Crippen LogP contribution in [0.1, 0.15) is 22.8 Å². The quantitative estimate of drug-likeness (QED) is 0.599. The van der Waals surface area contributed by atoms with E-state index in [2.05, 4.69) is 0 Å². The number of carbonyl (C=O) groups excluding carboxylic acids is 1. The molecule has 1 aromatic rings. The van der Waals surface area contributed by atoms with Crippen molar-refractivity contribution in [3.05, 3.63) is 35.4 Å². The van der Waals surface area contributed by atoms with Gasteiger partial charge in [0.2, 0.25) is 0 Å². The molecule has 0 aromatic heterocycles. The zero-order valence-corrected chi connectivity index (χ0v) is 10.3. The lowest BCUT2D eigenvalue weighted by atomic mass is 10.1. The van der Waals surface area contributed by atoms with Gasteiger partial charge in [0, 0.05) is 0 Å². The van der Waals surface area contributed by atoms with Crippen LogP contribution >= 0.6 is 24.0 Å². The molecule has 0 unspecified atom stereocenters. The molecule has 80 valence electrons. The molecule has 0 aliphatic heterocycles. The predicted octanol–water partition coefficient (Wildman–Crippen LogP) is 2.90. The van der Waals surface area contributed by atoms with Crippen molar-refractivity contribution in [2.45, 2.75) is 6.92 Å². The first-order valence-electron chi connectivity index (χ1n) is 4.54. The fraction of sp³-hybridized carbons (Fsp3) is 0.273. The normalized spacial score (nSPS) is 9.73. The Morgan fingerprint density at radius 2 is 1.87 bits per heavy atom. The molecular formula is C11H12O2S2. The van der Waals surface area contributed by atoms with Crippen LogP contribution in [0.15, 0.2) is 24.3 Å². The van der Waals surface area contributed by atoms with E-state index in [4.69, 9.17) is 17.0 Å². The molecule has 0 saturated heterocycles. The Labute approximate surface area is 99.0 Å². The summed E-state index contributed by atoms with van der Waals surface area (Å²) in [7, 11) is 0. The number of thioether (sulfide) groups is 1. The first-order valence-corrected chi connectivity index (χ1v) is 6.17. The molecule has 1 rings (SSSR count). The van der Waals surface area contributed by atoms with E-state index in [0.29, 0.717) is 12.2 Å². The lowest BCUT2D eigenvalue weighted by Gasteiger charge is -2.03. The molecule has 0 atom stereocenters. The highest BCUT2D eigenvalue weighted by Gasteiger charge is 2.06. The number of esters is 1. The van der Waals surface area contributed by atoms with Crippen LogP contribution in [0.5, 0.6) is 0 Å². The average Bonchev–Trinajstić information content (AvgIpc) is 2.28. The van der Waals surface area contributed by atoms with Gasteiger partial charge in [-0.25, -0.2) is 4.79 Å². The largest absolute Gasteiger partial charge is 0.462 e. The SMILES string of the molecule is CCOC(=O)c1ccc(C(=S)SC)cc1. The van der Waals surface area contributed by atoms with Crippen LogP contribution in [0.25, 0.3) is 0 Å². The topological polar surface area (TPSA) is 26.3 Å². The first-order chi connectivity index (χ1) is 7.19. The number of hydrogen-bond acceptors (Lipinski definition) is 4. The summed E-state index contributed by atoms with van der Waals surface area (Å²) < 4.78 is 5.70. The maximum absolute atomic E-state index is 11.3. The molecule has 15 heavy (non-hydrogen) atoms. The summed E-state index contributed by atoms with van der Waals surface area (Å²) in [6.07, 6.45) is 1.93. The van der Waals surface area contributed by atoms with Crippen molar-refractivity contribution in [2.24, 2.45) is 0 Å². The van der Waals surface area contributed by atoms with E-state index >= 15 is 0 Å². The second-order valence-electron chi connectivity index (χ2n) is 2.79. The number of benzene rings is 1. The molecule has 0 heterocycles. The van der Waals surface area contributed by atoms with Crippen molar-refractivity contribution in [3.63, 3.8) is 0 Å². The van der Waals surface area contributed by atoms with E-state index in [1.807, 2.05) is 18.4 Å². The summed E-state index contributed by atoms with van der Waals surface area (Å²) in [5.41, 5.74) is 1.52. The van der Waals surface area contributed by atoms with Gasteiger partial charge in [-0.2, -0.15) is 0 Å². The van der Waals surface area contributed by atoms with E-state index < -0.39 is 0 Å². The van der Waals surface area contributed by atoms with E-state index in [-0.39, 0.29) is 5.97 Å². The fourth-order valence-corrected chi connectivity index (χ4v) is 1.58. The minimum atomic E-state index is -0.292. The van der Waals surface area contributed by atoms with Gasteiger partial charge < -0.3 is 4.74 Å². The third-order valence-corrected chi connectivity index (χ3v) is 3.16. The molecule has 0 radical (unpaired) electrons. The van der Waals surface area contributed by atoms with Crippen molar-refractivity contribution in [1.29, 1.82) is 0 Å². The van der Waals surface area contributed by atoms with Crippen LogP contribution in [0, 0.1) is 0 Å². The Morgan fingerprint density at radius 3 is 2.33 bits per heavy atom. The van der Waals surface area contributed by atoms with Crippen molar-refractivity contribution in [1.82, 2.24) is 0 Å². The zero-order chi connectivity index (χ0) is 11.3. The van der Waals surface area contributed by atoms with Crippen LogP contribution in [-0.2, 0) is 4.74 Å². The minimum absolute atomic E-state index is 0.292. The zero-order valence-electron chi connectivity index (χ0n) is 8.65. The number of thiocarbonyl (C=S) groups is 1. The standard InChI is InChI=1S/C11H12O2S2/c1-3-13-10(12)8-4-6-9(7-5-8)11(14)15-2/h4-7H,3H2,1-2H3. The molecule has 0 fully saturated rings. The second kappa shape index (κ2) is 5.88. The van der Waals surface area contributed by atoms with Gasteiger partial charge in [-0.15, -0.1) is 11.8 Å². The minimum Gasteiger partial charge on any atom is -0.462 e. The van der Waals surface area contributed by atoms with E-state index in [0.717, 1.165) is 9.76 Å². The Balaban J connectivity index is 2.80. The summed E-state index contributed by atoms with van der Waals surface area (Å²) in [4.78, 5) is 11.3. The first kappa shape index (κ1) is 12.2. The summed E-state index contributed by atoms with van der Waals surface area (Å²) in [5, 5.41) is 0. The molecule has 0 saturated carbocycles. The van der Waals surface area contributed by atoms with Gasteiger partial charge in [0.1, 0.15) is 0 Å². The molecule has 4 heteroatoms. The summed E-state index contributed by atoms with van der Waals surface area (Å²) >= 11 is 6.65. The maximum atomic E-state index is 11.3. The Hall–Kier alpha value is -0.870. The Bertz CT molecular complexity index is 357. The van der Waals surface area contributed by atoms with E-state index in [1.54, 1.807) is 19.1 Å². The molecule has 0 aliphatic rings. The highest BCUT2D eigenvalue weighted by Crippen LogP contribution is 2.12. The van der Waals surface area contributed by atoms with Gasteiger partial charge in [-0.1, -0.05) is 24.4 Å². The Morgan fingerprint density at radius 1 is 1.33 bits per heavy atom.